The highest BCUT2D eigenvalue weighted by Gasteiger charge is 2.15. The molecular weight excluding hydrogens is 350 g/mol. The highest BCUT2D eigenvalue weighted by Crippen LogP contribution is 2.34. The van der Waals surface area contributed by atoms with Crippen LogP contribution in [0, 0.1) is 0 Å². The number of rotatable bonds is 3. The average Bonchev–Trinajstić information content (AvgIpc) is 2.65. The first kappa shape index (κ1) is 16.0. The fourth-order valence-corrected chi connectivity index (χ4v) is 3.87. The van der Waals surface area contributed by atoms with E-state index in [2.05, 4.69) is 4.98 Å². The minimum atomic E-state index is 0.0353. The second-order valence-electron chi connectivity index (χ2n) is 5.63. The summed E-state index contributed by atoms with van der Waals surface area (Å²) >= 11 is 7.50. The summed E-state index contributed by atoms with van der Waals surface area (Å²) in [4.78, 5) is 18.3. The Morgan fingerprint density at radius 1 is 0.800 bits per heavy atom. The molecule has 0 aliphatic rings. The summed E-state index contributed by atoms with van der Waals surface area (Å²) in [6.45, 7) is 0. The molecule has 1 heterocycles. The topological polar surface area (TPSA) is 32.9 Å². The summed E-state index contributed by atoms with van der Waals surface area (Å²) in [5, 5.41) is 1.36. The smallest absolute Gasteiger partial charge is 0.203 e. The molecule has 0 fully saturated rings. The average molecular weight is 364 g/mol. The van der Waals surface area contributed by atoms with E-state index in [9.17, 15) is 4.79 Å². The van der Waals surface area contributed by atoms with Crippen LogP contribution < -0.4 is 5.43 Å². The Morgan fingerprint density at radius 2 is 1.48 bits per heavy atom. The minimum absolute atomic E-state index is 0.0353. The number of nitrogens with one attached hydrogen (secondary N) is 1. The van der Waals surface area contributed by atoms with E-state index < -0.39 is 0 Å². The molecule has 3 aromatic carbocycles. The quantitative estimate of drug-likeness (QED) is 0.484. The summed E-state index contributed by atoms with van der Waals surface area (Å²) in [5.41, 5.74) is 2.61. The first-order valence-corrected chi connectivity index (χ1v) is 9.06. The lowest BCUT2D eigenvalue weighted by Crippen LogP contribution is -2.08. The molecule has 25 heavy (non-hydrogen) atoms. The SMILES string of the molecule is O=c1c(Sc2ccccc2)c(-c2ccc(Cl)cc2)[nH]c2ccccc12. The van der Waals surface area contributed by atoms with Gasteiger partial charge in [0.2, 0.25) is 5.43 Å². The second kappa shape index (κ2) is 6.79. The van der Waals surface area contributed by atoms with Crippen LogP contribution in [0.15, 0.2) is 93.4 Å². The zero-order chi connectivity index (χ0) is 17.2. The Bertz CT molecular complexity index is 1090. The van der Waals surface area contributed by atoms with E-state index in [1.165, 1.54) is 11.8 Å². The van der Waals surface area contributed by atoms with E-state index in [-0.39, 0.29) is 5.43 Å². The van der Waals surface area contributed by atoms with E-state index >= 15 is 0 Å². The second-order valence-corrected chi connectivity index (χ2v) is 7.15. The monoisotopic (exact) mass is 363 g/mol. The first-order chi connectivity index (χ1) is 12.2. The predicted molar refractivity (Wildman–Crippen MR) is 106 cm³/mol. The molecule has 0 amide bonds. The van der Waals surface area contributed by atoms with Crippen molar-refractivity contribution in [1.82, 2.24) is 4.98 Å². The van der Waals surface area contributed by atoms with Crippen molar-refractivity contribution < 1.29 is 0 Å². The highest BCUT2D eigenvalue weighted by molar-refractivity contribution is 7.99. The number of aromatic nitrogens is 1. The third kappa shape index (κ3) is 3.21. The van der Waals surface area contributed by atoms with Crippen LogP contribution in [0.2, 0.25) is 5.02 Å². The summed E-state index contributed by atoms with van der Waals surface area (Å²) in [6, 6.07) is 25.0. The zero-order valence-corrected chi connectivity index (χ0v) is 14.8. The number of H-pyrrole nitrogens is 1. The van der Waals surface area contributed by atoms with Crippen LogP contribution >= 0.6 is 23.4 Å². The molecule has 1 aromatic heterocycles. The van der Waals surface area contributed by atoms with Crippen molar-refractivity contribution >= 4 is 34.3 Å². The van der Waals surface area contributed by atoms with Crippen LogP contribution in [0.3, 0.4) is 0 Å². The largest absolute Gasteiger partial charge is 0.353 e. The molecule has 4 aromatic rings. The lowest BCUT2D eigenvalue weighted by atomic mass is 10.1. The third-order valence-corrected chi connectivity index (χ3v) is 5.31. The lowest BCUT2D eigenvalue weighted by molar-refractivity contribution is 1.26. The van der Waals surface area contributed by atoms with Crippen molar-refractivity contribution in [2.24, 2.45) is 0 Å². The Balaban J connectivity index is 1.97. The van der Waals surface area contributed by atoms with Gasteiger partial charge in [0.25, 0.3) is 0 Å². The first-order valence-electron chi connectivity index (χ1n) is 7.86. The molecule has 0 saturated heterocycles. The van der Waals surface area contributed by atoms with Gasteiger partial charge in [0.05, 0.1) is 10.6 Å². The van der Waals surface area contributed by atoms with E-state index in [4.69, 9.17) is 11.6 Å². The number of hydrogen-bond donors (Lipinski definition) is 1. The number of aromatic amines is 1. The summed E-state index contributed by atoms with van der Waals surface area (Å²) in [6.07, 6.45) is 0. The van der Waals surface area contributed by atoms with Gasteiger partial charge in [-0.2, -0.15) is 0 Å². The van der Waals surface area contributed by atoms with E-state index in [0.29, 0.717) is 15.3 Å². The van der Waals surface area contributed by atoms with Crippen molar-refractivity contribution in [3.63, 3.8) is 0 Å². The van der Waals surface area contributed by atoms with Crippen LogP contribution in [-0.2, 0) is 0 Å². The van der Waals surface area contributed by atoms with Gasteiger partial charge in [-0.05, 0) is 42.0 Å². The number of halogens is 1. The molecule has 0 radical (unpaired) electrons. The lowest BCUT2D eigenvalue weighted by Gasteiger charge is -2.11. The zero-order valence-electron chi connectivity index (χ0n) is 13.2. The van der Waals surface area contributed by atoms with Crippen molar-refractivity contribution in [2.75, 3.05) is 0 Å². The van der Waals surface area contributed by atoms with Crippen molar-refractivity contribution in [3.05, 3.63) is 94.1 Å². The van der Waals surface area contributed by atoms with Gasteiger partial charge in [-0.3, -0.25) is 4.79 Å². The Kier molecular flexibility index (Phi) is 4.35. The predicted octanol–water partition coefficient (Wildman–Crippen LogP) is 6.00. The van der Waals surface area contributed by atoms with Crippen LogP contribution in [-0.4, -0.2) is 4.98 Å². The van der Waals surface area contributed by atoms with Gasteiger partial charge in [0, 0.05) is 20.8 Å². The van der Waals surface area contributed by atoms with Crippen LogP contribution in [0.5, 0.6) is 0 Å². The number of hydrogen-bond acceptors (Lipinski definition) is 2. The summed E-state index contributed by atoms with van der Waals surface area (Å²) in [7, 11) is 0. The van der Waals surface area contributed by atoms with Gasteiger partial charge in [-0.25, -0.2) is 0 Å². The van der Waals surface area contributed by atoms with E-state index in [0.717, 1.165) is 21.7 Å². The summed E-state index contributed by atoms with van der Waals surface area (Å²) < 4.78 is 0. The number of para-hydroxylation sites is 1. The normalized spacial score (nSPS) is 10.9. The molecule has 4 rings (SSSR count). The molecule has 2 nitrogen and oxygen atoms in total. The maximum atomic E-state index is 13.1. The van der Waals surface area contributed by atoms with Gasteiger partial charge in [0.1, 0.15) is 0 Å². The van der Waals surface area contributed by atoms with Crippen LogP contribution in [0.4, 0.5) is 0 Å². The fourth-order valence-electron chi connectivity index (χ4n) is 2.74. The molecule has 1 N–H and O–H groups in total. The summed E-state index contributed by atoms with van der Waals surface area (Å²) in [5.74, 6) is 0. The number of pyridine rings is 1. The Labute approximate surface area is 154 Å². The van der Waals surface area contributed by atoms with Crippen molar-refractivity contribution in [3.8, 4) is 11.3 Å². The molecule has 0 aliphatic carbocycles. The van der Waals surface area contributed by atoms with Gasteiger partial charge >= 0.3 is 0 Å². The number of fused-ring (bicyclic) bond motifs is 1. The van der Waals surface area contributed by atoms with E-state index in [1.807, 2.05) is 78.9 Å². The maximum Gasteiger partial charge on any atom is 0.203 e. The Hall–Kier alpha value is -2.49. The third-order valence-electron chi connectivity index (χ3n) is 3.96. The van der Waals surface area contributed by atoms with Crippen molar-refractivity contribution in [2.45, 2.75) is 9.79 Å². The van der Waals surface area contributed by atoms with Crippen LogP contribution in [0.1, 0.15) is 0 Å². The molecule has 4 heteroatoms. The Morgan fingerprint density at radius 3 is 2.24 bits per heavy atom. The molecule has 0 aliphatic heterocycles. The molecule has 0 atom stereocenters. The van der Waals surface area contributed by atoms with E-state index in [1.54, 1.807) is 0 Å². The molecule has 0 bridgehead atoms. The van der Waals surface area contributed by atoms with Gasteiger partial charge < -0.3 is 4.98 Å². The highest BCUT2D eigenvalue weighted by atomic mass is 35.5. The molecule has 0 spiro atoms. The molecule has 0 unspecified atom stereocenters. The molecule has 0 saturated carbocycles. The molecular formula is C21H14ClNOS. The maximum absolute atomic E-state index is 13.1. The standard InChI is InChI=1S/C21H14ClNOS/c22-15-12-10-14(11-13-15)19-21(25-16-6-2-1-3-7-16)20(24)17-8-4-5-9-18(17)23-19/h1-13H,(H,23,24). The van der Waals surface area contributed by atoms with Crippen LogP contribution in [0.25, 0.3) is 22.2 Å². The fraction of sp³-hybridized carbons (Fsp3) is 0. The number of benzene rings is 3. The van der Waals surface area contributed by atoms with Gasteiger partial charge in [-0.15, -0.1) is 0 Å². The van der Waals surface area contributed by atoms with Crippen molar-refractivity contribution in [1.29, 1.82) is 0 Å². The minimum Gasteiger partial charge on any atom is -0.353 e. The molecule has 122 valence electrons. The van der Waals surface area contributed by atoms with Gasteiger partial charge in [0.15, 0.2) is 0 Å². The van der Waals surface area contributed by atoms with Gasteiger partial charge in [-0.1, -0.05) is 65.8 Å².